The molecule has 2 rings (SSSR count). The van der Waals surface area contributed by atoms with E-state index in [1.807, 2.05) is 6.92 Å². The first-order chi connectivity index (χ1) is 11.1. The minimum atomic E-state index is -0.876. The number of methoxy groups -OCH3 is 1. The summed E-state index contributed by atoms with van der Waals surface area (Å²) in [5.41, 5.74) is 0.374. The number of carbonyl (C=O) groups excluding carboxylic acids is 3. The van der Waals surface area contributed by atoms with Gasteiger partial charge in [-0.3, -0.25) is 14.4 Å². The Morgan fingerprint density at radius 3 is 2.78 bits per heavy atom. The fraction of sp³-hybridized carbons (Fsp3) is 0.438. The number of amides is 2. The predicted molar refractivity (Wildman–Crippen MR) is 82.1 cm³/mol. The molecule has 1 aliphatic heterocycles. The minimum absolute atomic E-state index is 0.176. The minimum Gasteiger partial charge on any atom is -0.493 e. The van der Waals surface area contributed by atoms with Crippen LogP contribution in [0.2, 0.25) is 0 Å². The van der Waals surface area contributed by atoms with Crippen molar-refractivity contribution in [3.63, 3.8) is 0 Å². The Labute approximate surface area is 134 Å². The lowest BCUT2D eigenvalue weighted by Gasteiger charge is -2.34. The molecular formula is C16H20N2O5. The molecule has 1 fully saturated rings. The topological polar surface area (TPSA) is 84.9 Å². The van der Waals surface area contributed by atoms with Crippen molar-refractivity contribution >= 4 is 17.8 Å². The van der Waals surface area contributed by atoms with Gasteiger partial charge in [0, 0.05) is 13.1 Å². The normalized spacial score (nSPS) is 17.4. The molecule has 0 saturated carbocycles. The van der Waals surface area contributed by atoms with E-state index in [0.29, 0.717) is 31.0 Å². The highest BCUT2D eigenvalue weighted by molar-refractivity contribution is 6.01. The first-order valence-corrected chi connectivity index (χ1v) is 7.45. The summed E-state index contributed by atoms with van der Waals surface area (Å²) in [6.07, 6.45) is -0.176. The number of rotatable bonds is 5. The summed E-state index contributed by atoms with van der Waals surface area (Å²) in [7, 11) is 1.25. The Kier molecular flexibility index (Phi) is 5.56. The van der Waals surface area contributed by atoms with Gasteiger partial charge in [0.25, 0.3) is 5.91 Å². The molecule has 1 aliphatic rings. The Morgan fingerprint density at radius 1 is 1.35 bits per heavy atom. The van der Waals surface area contributed by atoms with Crippen LogP contribution < -0.4 is 10.1 Å². The number of esters is 1. The largest absolute Gasteiger partial charge is 0.493 e. The monoisotopic (exact) mass is 320 g/mol. The number of para-hydroxylation sites is 1. The third-order valence-corrected chi connectivity index (χ3v) is 3.60. The second kappa shape index (κ2) is 7.62. The SMILES string of the molecule is CCOc1ccccc1C(=O)N1CCNC(=O)[C@H]1CC(=O)OC. The van der Waals surface area contributed by atoms with E-state index in [1.54, 1.807) is 24.3 Å². The van der Waals surface area contributed by atoms with Gasteiger partial charge in [0.2, 0.25) is 5.91 Å². The average molecular weight is 320 g/mol. The van der Waals surface area contributed by atoms with Crippen LogP contribution in [-0.2, 0) is 14.3 Å². The fourth-order valence-corrected chi connectivity index (χ4v) is 2.48. The molecule has 0 unspecified atom stereocenters. The molecule has 1 aromatic carbocycles. The Balaban J connectivity index is 2.28. The maximum Gasteiger partial charge on any atom is 0.308 e. The summed E-state index contributed by atoms with van der Waals surface area (Å²) < 4.78 is 10.1. The first kappa shape index (κ1) is 16.8. The van der Waals surface area contributed by atoms with Crippen molar-refractivity contribution in [2.45, 2.75) is 19.4 Å². The van der Waals surface area contributed by atoms with Crippen LogP contribution in [0.4, 0.5) is 0 Å². The third kappa shape index (κ3) is 3.80. The van der Waals surface area contributed by atoms with Crippen molar-refractivity contribution in [1.29, 1.82) is 0 Å². The Morgan fingerprint density at radius 2 is 2.09 bits per heavy atom. The molecule has 0 bridgehead atoms. The molecule has 23 heavy (non-hydrogen) atoms. The van der Waals surface area contributed by atoms with Crippen LogP contribution in [0.15, 0.2) is 24.3 Å². The molecule has 7 heteroatoms. The van der Waals surface area contributed by atoms with Crippen LogP contribution in [0.3, 0.4) is 0 Å². The molecule has 0 radical (unpaired) electrons. The number of benzene rings is 1. The van der Waals surface area contributed by atoms with E-state index in [0.717, 1.165) is 0 Å². The van der Waals surface area contributed by atoms with Gasteiger partial charge in [0.1, 0.15) is 11.8 Å². The van der Waals surface area contributed by atoms with Gasteiger partial charge in [-0.15, -0.1) is 0 Å². The average Bonchev–Trinajstić information content (AvgIpc) is 2.56. The van der Waals surface area contributed by atoms with Crippen LogP contribution >= 0.6 is 0 Å². The number of nitrogens with one attached hydrogen (secondary N) is 1. The molecule has 1 saturated heterocycles. The van der Waals surface area contributed by atoms with Gasteiger partial charge < -0.3 is 19.7 Å². The van der Waals surface area contributed by atoms with E-state index in [9.17, 15) is 14.4 Å². The second-order valence-electron chi connectivity index (χ2n) is 5.01. The third-order valence-electron chi connectivity index (χ3n) is 3.60. The highest BCUT2D eigenvalue weighted by Gasteiger charge is 2.36. The van der Waals surface area contributed by atoms with E-state index >= 15 is 0 Å². The van der Waals surface area contributed by atoms with Crippen molar-refractivity contribution in [2.24, 2.45) is 0 Å². The second-order valence-corrected chi connectivity index (χ2v) is 5.01. The summed E-state index contributed by atoms with van der Waals surface area (Å²) in [5, 5.41) is 2.67. The summed E-state index contributed by atoms with van der Waals surface area (Å²) in [6.45, 7) is 2.93. The molecule has 124 valence electrons. The van der Waals surface area contributed by atoms with E-state index in [-0.39, 0.29) is 18.2 Å². The van der Waals surface area contributed by atoms with Crippen molar-refractivity contribution in [3.8, 4) is 5.75 Å². The maximum absolute atomic E-state index is 12.8. The van der Waals surface area contributed by atoms with Crippen molar-refractivity contribution in [2.75, 3.05) is 26.8 Å². The van der Waals surface area contributed by atoms with Gasteiger partial charge in [0.05, 0.1) is 25.7 Å². The van der Waals surface area contributed by atoms with Crippen molar-refractivity contribution in [3.05, 3.63) is 29.8 Å². The Bertz CT molecular complexity index is 602. The molecule has 2 amide bonds. The quantitative estimate of drug-likeness (QED) is 0.803. The first-order valence-electron chi connectivity index (χ1n) is 7.45. The predicted octanol–water partition coefficient (Wildman–Crippen LogP) is 0.589. The number of hydrogen-bond acceptors (Lipinski definition) is 5. The van der Waals surface area contributed by atoms with Gasteiger partial charge in [-0.2, -0.15) is 0 Å². The summed E-state index contributed by atoms with van der Waals surface area (Å²) in [6, 6.07) is 5.98. The fourth-order valence-electron chi connectivity index (χ4n) is 2.48. The standard InChI is InChI=1S/C16H20N2O5/c1-3-23-13-7-5-4-6-11(13)16(21)18-9-8-17-15(20)12(18)10-14(19)22-2/h4-7,12H,3,8-10H2,1-2H3,(H,17,20)/t12-/m1/s1. The number of ether oxygens (including phenoxy) is 2. The van der Waals surface area contributed by atoms with Gasteiger partial charge in [-0.1, -0.05) is 12.1 Å². The molecule has 1 heterocycles. The van der Waals surface area contributed by atoms with Gasteiger partial charge >= 0.3 is 5.97 Å². The lowest BCUT2D eigenvalue weighted by Crippen LogP contribution is -2.57. The van der Waals surface area contributed by atoms with E-state index in [2.05, 4.69) is 10.1 Å². The molecule has 0 aromatic heterocycles. The van der Waals surface area contributed by atoms with Gasteiger partial charge in [-0.25, -0.2) is 0 Å². The molecule has 1 atom stereocenters. The van der Waals surface area contributed by atoms with Crippen molar-refractivity contribution < 1.29 is 23.9 Å². The van der Waals surface area contributed by atoms with E-state index in [1.165, 1.54) is 12.0 Å². The molecule has 1 aromatic rings. The zero-order chi connectivity index (χ0) is 16.8. The van der Waals surface area contributed by atoms with Crippen LogP contribution in [0, 0.1) is 0 Å². The molecular weight excluding hydrogens is 300 g/mol. The summed E-state index contributed by atoms with van der Waals surface area (Å²) in [4.78, 5) is 37.8. The Hall–Kier alpha value is -2.57. The lowest BCUT2D eigenvalue weighted by molar-refractivity contribution is -0.145. The van der Waals surface area contributed by atoms with Gasteiger partial charge in [0.15, 0.2) is 0 Å². The van der Waals surface area contributed by atoms with Gasteiger partial charge in [-0.05, 0) is 19.1 Å². The van der Waals surface area contributed by atoms with E-state index < -0.39 is 12.0 Å². The van der Waals surface area contributed by atoms with Crippen LogP contribution in [0.25, 0.3) is 0 Å². The maximum atomic E-state index is 12.8. The summed E-state index contributed by atoms with van der Waals surface area (Å²) in [5.74, 6) is -0.771. The number of carbonyl (C=O) groups is 3. The highest BCUT2D eigenvalue weighted by atomic mass is 16.5. The molecule has 0 spiro atoms. The van der Waals surface area contributed by atoms with Crippen LogP contribution in [0.1, 0.15) is 23.7 Å². The molecule has 7 nitrogen and oxygen atoms in total. The number of nitrogens with zero attached hydrogens (tertiary/aromatic N) is 1. The number of piperazine rings is 1. The zero-order valence-corrected chi connectivity index (χ0v) is 13.2. The van der Waals surface area contributed by atoms with Crippen molar-refractivity contribution in [1.82, 2.24) is 10.2 Å². The lowest BCUT2D eigenvalue weighted by atomic mass is 10.1. The van der Waals surface area contributed by atoms with E-state index in [4.69, 9.17) is 4.74 Å². The highest BCUT2D eigenvalue weighted by Crippen LogP contribution is 2.22. The smallest absolute Gasteiger partial charge is 0.308 e. The molecule has 0 aliphatic carbocycles. The number of hydrogen-bond donors (Lipinski definition) is 1. The van der Waals surface area contributed by atoms with Crippen LogP contribution in [0.5, 0.6) is 5.75 Å². The molecule has 1 N–H and O–H groups in total. The van der Waals surface area contributed by atoms with Crippen LogP contribution in [-0.4, -0.2) is 55.5 Å². The summed E-state index contributed by atoms with van der Waals surface area (Å²) >= 11 is 0. The zero-order valence-electron chi connectivity index (χ0n) is 13.2.